The molecule has 1 saturated carbocycles. The van der Waals surface area contributed by atoms with Gasteiger partial charge in [0, 0.05) is 5.92 Å². The van der Waals surface area contributed by atoms with Crippen LogP contribution in [0.3, 0.4) is 0 Å². The molecule has 39 valence electrons. The van der Waals surface area contributed by atoms with Crippen molar-refractivity contribution in [3.8, 4) is 0 Å². The Kier molecular flexibility index (Phi) is 1.45. The van der Waals surface area contributed by atoms with E-state index < -0.39 is 0 Å². The van der Waals surface area contributed by atoms with Crippen LogP contribution in [0.2, 0.25) is 0 Å². The largest absolute Gasteiger partial charge is 0.303 e. The van der Waals surface area contributed by atoms with E-state index in [0.29, 0.717) is 5.92 Å². The summed E-state index contributed by atoms with van der Waals surface area (Å²) < 4.78 is 0. The molecule has 1 heteroatoms. The molecule has 0 aliphatic heterocycles. The summed E-state index contributed by atoms with van der Waals surface area (Å²) in [5, 5.41) is 0. The molecule has 0 saturated heterocycles. The lowest BCUT2D eigenvalue weighted by atomic mass is 10.1. The number of carbonyl (C=O) groups is 1. The molecule has 7 heavy (non-hydrogen) atoms. The van der Waals surface area contributed by atoms with Crippen molar-refractivity contribution < 1.29 is 4.79 Å². The van der Waals surface area contributed by atoms with E-state index in [2.05, 4.69) is 6.42 Å². The van der Waals surface area contributed by atoms with Crippen molar-refractivity contribution >= 4 is 6.29 Å². The third-order valence-electron chi connectivity index (χ3n) is 1.40. The van der Waals surface area contributed by atoms with Crippen molar-refractivity contribution in [2.75, 3.05) is 0 Å². The third kappa shape index (κ3) is 1.02. The number of carbonyl (C=O) groups excluding carboxylic acids is 1. The predicted molar refractivity (Wildman–Crippen MR) is 27.7 cm³/mol. The monoisotopic (exact) mass is 97.1 g/mol. The summed E-state index contributed by atoms with van der Waals surface area (Å²) in [6.07, 6.45) is 6.49. The molecule has 1 unspecified atom stereocenters. The maximum absolute atomic E-state index is 9.99. The minimum atomic E-state index is 0.361. The Hall–Kier alpha value is -0.330. The lowest BCUT2D eigenvalue weighted by Crippen LogP contribution is -1.91. The second-order valence-corrected chi connectivity index (χ2v) is 2.00. The van der Waals surface area contributed by atoms with Gasteiger partial charge in [0.25, 0.3) is 0 Å². The first kappa shape index (κ1) is 4.82. The molecule has 1 radical (unpaired) electrons. The molecular weight excluding hydrogens is 88.1 g/mol. The Morgan fingerprint density at radius 2 is 2.57 bits per heavy atom. The molecule has 0 aromatic heterocycles. The highest BCUT2D eigenvalue weighted by Crippen LogP contribution is 2.20. The Bertz CT molecular complexity index is 62.6. The first-order valence-electron chi connectivity index (χ1n) is 2.70. The average molecular weight is 97.1 g/mol. The van der Waals surface area contributed by atoms with Gasteiger partial charge in [0.15, 0.2) is 0 Å². The third-order valence-corrected chi connectivity index (χ3v) is 1.40. The molecule has 1 aliphatic carbocycles. The Morgan fingerprint density at radius 3 is 2.86 bits per heavy atom. The Morgan fingerprint density at radius 1 is 1.71 bits per heavy atom. The van der Waals surface area contributed by atoms with Gasteiger partial charge in [-0.15, -0.1) is 0 Å². The highest BCUT2D eigenvalue weighted by atomic mass is 16.1. The summed E-state index contributed by atoms with van der Waals surface area (Å²) in [4.78, 5) is 9.99. The van der Waals surface area contributed by atoms with Gasteiger partial charge in [-0.05, 0) is 25.7 Å². The number of hydrogen-bond donors (Lipinski definition) is 0. The van der Waals surface area contributed by atoms with Gasteiger partial charge in [-0.2, -0.15) is 0 Å². The second kappa shape index (κ2) is 2.10. The van der Waals surface area contributed by atoms with Crippen molar-refractivity contribution in [1.29, 1.82) is 0 Å². The fraction of sp³-hybridized carbons (Fsp3) is 0.667. The van der Waals surface area contributed by atoms with Gasteiger partial charge in [-0.25, -0.2) is 0 Å². The van der Waals surface area contributed by atoms with Crippen molar-refractivity contribution in [3.05, 3.63) is 6.42 Å². The predicted octanol–water partition coefficient (Wildman–Crippen LogP) is 1.19. The van der Waals surface area contributed by atoms with Crippen LogP contribution in [0.15, 0.2) is 0 Å². The maximum atomic E-state index is 9.99. The van der Waals surface area contributed by atoms with Crippen LogP contribution in [-0.2, 0) is 4.79 Å². The maximum Gasteiger partial charge on any atom is 0.123 e. The van der Waals surface area contributed by atoms with E-state index in [1.54, 1.807) is 0 Å². The van der Waals surface area contributed by atoms with Crippen LogP contribution in [0.5, 0.6) is 0 Å². The Labute approximate surface area is 43.7 Å². The quantitative estimate of drug-likeness (QED) is 0.449. The van der Waals surface area contributed by atoms with E-state index in [0.717, 1.165) is 25.5 Å². The highest BCUT2D eigenvalue weighted by Gasteiger charge is 2.12. The van der Waals surface area contributed by atoms with Crippen LogP contribution in [0.25, 0.3) is 0 Å². The van der Waals surface area contributed by atoms with Crippen molar-refractivity contribution in [1.82, 2.24) is 0 Å². The molecule has 0 aromatic rings. The van der Waals surface area contributed by atoms with E-state index in [9.17, 15) is 4.79 Å². The van der Waals surface area contributed by atoms with Gasteiger partial charge < -0.3 is 4.79 Å². The molecule has 0 bridgehead atoms. The van der Waals surface area contributed by atoms with E-state index in [4.69, 9.17) is 0 Å². The van der Waals surface area contributed by atoms with E-state index in [1.807, 2.05) is 0 Å². The van der Waals surface area contributed by atoms with Gasteiger partial charge >= 0.3 is 0 Å². The number of rotatable bonds is 1. The van der Waals surface area contributed by atoms with E-state index in [1.165, 1.54) is 0 Å². The topological polar surface area (TPSA) is 17.1 Å². The molecule has 1 rings (SSSR count). The molecule has 1 aliphatic rings. The van der Waals surface area contributed by atoms with Crippen LogP contribution in [0, 0.1) is 12.3 Å². The summed E-state index contributed by atoms with van der Waals surface area (Å²) in [6, 6.07) is 0. The Balaban J connectivity index is 2.26. The van der Waals surface area contributed by atoms with Gasteiger partial charge in [0.05, 0.1) is 0 Å². The summed E-state index contributed by atoms with van der Waals surface area (Å²) in [5.41, 5.74) is 0. The molecule has 1 atom stereocenters. The molecule has 0 heterocycles. The zero-order chi connectivity index (χ0) is 5.11. The van der Waals surface area contributed by atoms with Gasteiger partial charge in [-0.1, -0.05) is 0 Å². The normalized spacial score (nSPS) is 22.9. The SMILES string of the molecule is O=CC1C[CH]CC1. The summed E-state index contributed by atoms with van der Waals surface area (Å²) in [5.74, 6) is 0.361. The number of hydrogen-bond acceptors (Lipinski definition) is 1. The first-order valence-corrected chi connectivity index (χ1v) is 2.70. The average Bonchev–Trinajstić information content (AvgIpc) is 2.14. The van der Waals surface area contributed by atoms with Crippen molar-refractivity contribution in [2.45, 2.75) is 19.3 Å². The second-order valence-electron chi connectivity index (χ2n) is 2.00. The van der Waals surface area contributed by atoms with Crippen molar-refractivity contribution in [3.63, 3.8) is 0 Å². The lowest BCUT2D eigenvalue weighted by molar-refractivity contribution is -0.110. The summed E-state index contributed by atoms with van der Waals surface area (Å²) in [6.45, 7) is 0. The zero-order valence-corrected chi connectivity index (χ0v) is 4.26. The van der Waals surface area contributed by atoms with Crippen LogP contribution in [0.4, 0.5) is 0 Å². The van der Waals surface area contributed by atoms with Crippen LogP contribution >= 0.6 is 0 Å². The fourth-order valence-corrected chi connectivity index (χ4v) is 0.905. The zero-order valence-electron chi connectivity index (χ0n) is 4.26. The highest BCUT2D eigenvalue weighted by molar-refractivity contribution is 5.54. The first-order chi connectivity index (χ1) is 3.43. The van der Waals surface area contributed by atoms with E-state index in [-0.39, 0.29) is 0 Å². The smallest absolute Gasteiger partial charge is 0.123 e. The van der Waals surface area contributed by atoms with Crippen LogP contribution in [-0.4, -0.2) is 6.29 Å². The standard InChI is InChI=1S/C6H9O/c7-5-6-3-1-2-4-6/h1,5-6H,2-4H2. The molecule has 0 amide bonds. The van der Waals surface area contributed by atoms with Gasteiger partial charge in [0.2, 0.25) is 0 Å². The van der Waals surface area contributed by atoms with Crippen LogP contribution in [0.1, 0.15) is 19.3 Å². The molecule has 1 nitrogen and oxygen atoms in total. The molecule has 0 spiro atoms. The minimum Gasteiger partial charge on any atom is -0.303 e. The van der Waals surface area contributed by atoms with Crippen molar-refractivity contribution in [2.24, 2.45) is 5.92 Å². The van der Waals surface area contributed by atoms with Gasteiger partial charge in [-0.3, -0.25) is 0 Å². The molecular formula is C6H9O. The summed E-state index contributed by atoms with van der Waals surface area (Å²) >= 11 is 0. The summed E-state index contributed by atoms with van der Waals surface area (Å²) in [7, 11) is 0. The lowest BCUT2D eigenvalue weighted by Gasteiger charge is -1.90. The molecule has 1 fully saturated rings. The number of aldehydes is 1. The van der Waals surface area contributed by atoms with E-state index >= 15 is 0 Å². The molecule has 0 aromatic carbocycles. The fourth-order valence-electron chi connectivity index (χ4n) is 0.905. The van der Waals surface area contributed by atoms with Crippen LogP contribution < -0.4 is 0 Å². The molecule has 0 N–H and O–H groups in total. The van der Waals surface area contributed by atoms with Gasteiger partial charge in [0.1, 0.15) is 6.29 Å². The minimum absolute atomic E-state index is 0.361.